The zero-order chi connectivity index (χ0) is 18.5. The summed E-state index contributed by atoms with van der Waals surface area (Å²) >= 11 is 0. The Bertz CT molecular complexity index is 949. The lowest BCUT2D eigenvalue weighted by Crippen LogP contribution is -2.11. The monoisotopic (exact) mass is 346 g/mol. The highest BCUT2D eigenvalue weighted by Gasteiger charge is 2.11. The first-order chi connectivity index (χ1) is 12.5. The number of para-hydroxylation sites is 2. The number of carbonyl (C=O) groups is 1. The molecule has 26 heavy (non-hydrogen) atoms. The lowest BCUT2D eigenvalue weighted by atomic mass is 10.1. The summed E-state index contributed by atoms with van der Waals surface area (Å²) in [5, 5.41) is 20.5. The van der Waals surface area contributed by atoms with Gasteiger partial charge in [0, 0.05) is 5.69 Å². The van der Waals surface area contributed by atoms with Crippen LogP contribution in [0.5, 0.6) is 5.75 Å². The zero-order valence-electron chi connectivity index (χ0n) is 14.2. The third-order valence-electron chi connectivity index (χ3n) is 3.89. The Morgan fingerprint density at radius 1 is 0.962 bits per heavy atom. The third kappa shape index (κ3) is 3.89. The van der Waals surface area contributed by atoms with Crippen LogP contribution in [0.1, 0.15) is 21.5 Å². The molecule has 0 saturated heterocycles. The SMILES string of the molecule is Cc1ccccc1OC(=N)c1ccccc1Nc1ccc(C(=O)O)cc1. The average Bonchev–Trinajstić information content (AvgIpc) is 2.64. The molecule has 0 saturated carbocycles. The molecule has 0 aliphatic carbocycles. The molecule has 0 aliphatic rings. The lowest BCUT2D eigenvalue weighted by molar-refractivity contribution is 0.0697. The Hall–Kier alpha value is -3.60. The molecular formula is C21H18N2O3. The van der Waals surface area contributed by atoms with Gasteiger partial charge in [0.05, 0.1) is 16.8 Å². The summed E-state index contributed by atoms with van der Waals surface area (Å²) in [6.07, 6.45) is 0. The second kappa shape index (κ2) is 7.53. The molecule has 0 aliphatic heterocycles. The van der Waals surface area contributed by atoms with Crippen molar-refractivity contribution in [1.82, 2.24) is 0 Å². The van der Waals surface area contributed by atoms with E-state index in [1.807, 2.05) is 49.4 Å². The Morgan fingerprint density at radius 3 is 2.31 bits per heavy atom. The minimum Gasteiger partial charge on any atom is -0.478 e. The molecule has 0 atom stereocenters. The van der Waals surface area contributed by atoms with Crippen LogP contribution in [0.15, 0.2) is 72.8 Å². The number of anilines is 2. The van der Waals surface area contributed by atoms with Crippen LogP contribution in [0.4, 0.5) is 11.4 Å². The topological polar surface area (TPSA) is 82.4 Å². The fourth-order valence-electron chi connectivity index (χ4n) is 2.48. The molecule has 0 heterocycles. The van der Waals surface area contributed by atoms with Crippen LogP contribution in [-0.4, -0.2) is 17.0 Å². The lowest BCUT2D eigenvalue weighted by Gasteiger charge is -2.14. The summed E-state index contributed by atoms with van der Waals surface area (Å²) in [6, 6.07) is 21.3. The number of benzene rings is 3. The molecule has 5 nitrogen and oxygen atoms in total. The van der Waals surface area contributed by atoms with Gasteiger partial charge in [0.25, 0.3) is 0 Å². The summed E-state index contributed by atoms with van der Waals surface area (Å²) in [7, 11) is 0. The second-order valence-electron chi connectivity index (χ2n) is 5.75. The minimum absolute atomic E-state index is 0.0320. The number of ether oxygens (including phenoxy) is 1. The zero-order valence-corrected chi connectivity index (χ0v) is 14.2. The molecule has 0 fully saturated rings. The average molecular weight is 346 g/mol. The molecule has 0 amide bonds. The number of carboxylic acid groups (broad SMARTS) is 1. The fraction of sp³-hybridized carbons (Fsp3) is 0.0476. The van der Waals surface area contributed by atoms with Gasteiger partial charge in [-0.25, -0.2) is 4.79 Å². The van der Waals surface area contributed by atoms with Crippen molar-refractivity contribution < 1.29 is 14.6 Å². The van der Waals surface area contributed by atoms with Gasteiger partial charge in [0.15, 0.2) is 0 Å². The van der Waals surface area contributed by atoms with Gasteiger partial charge in [-0.15, -0.1) is 0 Å². The first kappa shape index (κ1) is 17.2. The first-order valence-corrected chi connectivity index (χ1v) is 8.06. The summed E-state index contributed by atoms with van der Waals surface area (Å²) in [5.41, 5.74) is 3.21. The van der Waals surface area contributed by atoms with Gasteiger partial charge in [-0.1, -0.05) is 30.3 Å². The maximum absolute atomic E-state index is 10.9. The van der Waals surface area contributed by atoms with E-state index in [9.17, 15) is 4.79 Å². The number of nitrogens with one attached hydrogen (secondary N) is 2. The molecule has 5 heteroatoms. The van der Waals surface area contributed by atoms with Gasteiger partial charge >= 0.3 is 5.97 Å². The van der Waals surface area contributed by atoms with Crippen LogP contribution in [0, 0.1) is 12.3 Å². The molecule has 3 rings (SSSR count). The molecule has 0 radical (unpaired) electrons. The molecule has 3 aromatic rings. The minimum atomic E-state index is -0.967. The van der Waals surface area contributed by atoms with Crippen molar-refractivity contribution >= 4 is 23.2 Å². The van der Waals surface area contributed by atoms with Gasteiger partial charge in [-0.3, -0.25) is 5.41 Å². The van der Waals surface area contributed by atoms with E-state index in [4.69, 9.17) is 15.3 Å². The van der Waals surface area contributed by atoms with Crippen LogP contribution in [0.25, 0.3) is 0 Å². The van der Waals surface area contributed by atoms with Crippen LogP contribution in [-0.2, 0) is 0 Å². The highest BCUT2D eigenvalue weighted by atomic mass is 16.5. The van der Waals surface area contributed by atoms with Gasteiger partial charge in [-0.2, -0.15) is 0 Å². The highest BCUT2D eigenvalue weighted by Crippen LogP contribution is 2.24. The van der Waals surface area contributed by atoms with E-state index in [-0.39, 0.29) is 11.5 Å². The predicted octanol–water partition coefficient (Wildman–Crippen LogP) is 4.84. The van der Waals surface area contributed by atoms with Gasteiger partial charge in [-0.05, 0) is 55.0 Å². The van der Waals surface area contributed by atoms with E-state index < -0.39 is 5.97 Å². The molecule has 3 aromatic carbocycles. The summed E-state index contributed by atoms with van der Waals surface area (Å²) in [6.45, 7) is 1.93. The maximum atomic E-state index is 10.9. The van der Waals surface area contributed by atoms with Gasteiger partial charge in [0.1, 0.15) is 5.75 Å². The molecule has 3 N–H and O–H groups in total. The van der Waals surface area contributed by atoms with E-state index in [1.165, 1.54) is 12.1 Å². The van der Waals surface area contributed by atoms with Crippen molar-refractivity contribution in [3.63, 3.8) is 0 Å². The standard InChI is InChI=1S/C21H18N2O3/c1-14-6-2-5-9-19(14)26-20(22)17-7-3-4-8-18(17)23-16-12-10-15(11-13-16)21(24)25/h2-13,22-23H,1H3,(H,24,25). The number of aromatic carboxylic acids is 1. The molecular weight excluding hydrogens is 328 g/mol. The number of hydrogen-bond donors (Lipinski definition) is 3. The Kier molecular flexibility index (Phi) is 4.99. The quantitative estimate of drug-likeness (QED) is 0.456. The first-order valence-electron chi connectivity index (χ1n) is 8.06. The summed E-state index contributed by atoms with van der Waals surface area (Å²) in [5.74, 6) is -0.298. The predicted molar refractivity (Wildman–Crippen MR) is 102 cm³/mol. The highest BCUT2D eigenvalue weighted by molar-refractivity contribution is 5.99. The Morgan fingerprint density at radius 2 is 1.62 bits per heavy atom. The van der Waals surface area contributed by atoms with E-state index in [2.05, 4.69) is 5.32 Å². The number of aryl methyl sites for hydroxylation is 1. The normalized spacial score (nSPS) is 10.2. The number of hydrogen-bond acceptors (Lipinski definition) is 4. The van der Waals surface area contributed by atoms with Crippen LogP contribution in [0.2, 0.25) is 0 Å². The molecule has 0 aromatic heterocycles. The number of rotatable bonds is 5. The number of carboxylic acids is 1. The van der Waals surface area contributed by atoms with Crippen molar-refractivity contribution in [2.75, 3.05) is 5.32 Å². The molecule has 0 spiro atoms. The Balaban J connectivity index is 1.82. The molecule has 0 bridgehead atoms. The summed E-state index contributed by atoms with van der Waals surface area (Å²) < 4.78 is 5.73. The largest absolute Gasteiger partial charge is 0.478 e. The van der Waals surface area contributed by atoms with Gasteiger partial charge < -0.3 is 15.2 Å². The fourth-order valence-corrected chi connectivity index (χ4v) is 2.48. The van der Waals surface area contributed by atoms with Gasteiger partial charge in [0.2, 0.25) is 5.90 Å². The van der Waals surface area contributed by atoms with Crippen molar-refractivity contribution in [3.8, 4) is 5.75 Å². The van der Waals surface area contributed by atoms with E-state index in [0.717, 1.165) is 11.3 Å². The van der Waals surface area contributed by atoms with Crippen molar-refractivity contribution in [2.24, 2.45) is 0 Å². The van der Waals surface area contributed by atoms with E-state index in [1.54, 1.807) is 18.2 Å². The van der Waals surface area contributed by atoms with Crippen molar-refractivity contribution in [3.05, 3.63) is 89.5 Å². The van der Waals surface area contributed by atoms with Crippen molar-refractivity contribution in [2.45, 2.75) is 6.92 Å². The Labute approximate surface area is 151 Å². The van der Waals surface area contributed by atoms with Crippen molar-refractivity contribution in [1.29, 1.82) is 5.41 Å². The van der Waals surface area contributed by atoms with Crippen LogP contribution < -0.4 is 10.1 Å². The molecule has 130 valence electrons. The van der Waals surface area contributed by atoms with E-state index >= 15 is 0 Å². The smallest absolute Gasteiger partial charge is 0.335 e. The molecule has 0 unspecified atom stereocenters. The second-order valence-corrected chi connectivity index (χ2v) is 5.75. The third-order valence-corrected chi connectivity index (χ3v) is 3.89. The summed E-state index contributed by atoms with van der Waals surface area (Å²) in [4.78, 5) is 10.9. The van der Waals surface area contributed by atoms with E-state index in [0.29, 0.717) is 17.0 Å². The van der Waals surface area contributed by atoms with Crippen LogP contribution in [0.3, 0.4) is 0 Å². The maximum Gasteiger partial charge on any atom is 0.335 e. The van der Waals surface area contributed by atoms with Crippen LogP contribution >= 0.6 is 0 Å².